The van der Waals surface area contributed by atoms with Gasteiger partial charge in [-0.05, 0) is 93.4 Å². The maximum atomic E-state index is 12.7. The molecule has 42 heavy (non-hydrogen) atoms. The van der Waals surface area contributed by atoms with Crippen molar-refractivity contribution in [3.05, 3.63) is 45.9 Å². The van der Waals surface area contributed by atoms with Crippen LogP contribution >= 0.6 is 22.9 Å². The summed E-state index contributed by atoms with van der Waals surface area (Å²) in [6.45, 7) is 20.1. The standard InChI is InChI=1S/C33H44ClN3O3SSi/c1-31(2,3)40-30(38)36-18-22(19-36)37-14-12-33(10-11-33)26-16-21(34)15-25(28(26)37)24-9-13-35-27-17-23(41-29(24)27)20-39-42(7,8)32(4,5)6/h9,13,15-17,22H,10-12,14,18-20H2,1-8H3. The van der Waals surface area contributed by atoms with Crippen LogP contribution in [0.5, 0.6) is 0 Å². The third-order valence-electron chi connectivity index (χ3n) is 9.71. The molecule has 1 aromatic carbocycles. The van der Waals surface area contributed by atoms with Crippen molar-refractivity contribution >= 4 is 53.3 Å². The zero-order valence-corrected chi connectivity index (χ0v) is 28.8. The molecule has 9 heteroatoms. The second-order valence-electron chi connectivity index (χ2n) is 14.9. The molecule has 3 aliphatic rings. The van der Waals surface area contributed by atoms with Crippen LogP contribution in [0.15, 0.2) is 30.5 Å². The molecule has 1 spiro atoms. The number of likely N-dealkylation sites (tertiary alicyclic amines) is 1. The van der Waals surface area contributed by atoms with Gasteiger partial charge in [-0.25, -0.2) is 4.79 Å². The van der Waals surface area contributed by atoms with Gasteiger partial charge >= 0.3 is 6.09 Å². The van der Waals surface area contributed by atoms with Gasteiger partial charge in [0.05, 0.1) is 22.9 Å². The number of hydrogen-bond donors (Lipinski definition) is 0. The van der Waals surface area contributed by atoms with Crippen LogP contribution in [0.3, 0.4) is 0 Å². The minimum absolute atomic E-state index is 0.162. The van der Waals surface area contributed by atoms with Gasteiger partial charge in [-0.15, -0.1) is 11.3 Å². The van der Waals surface area contributed by atoms with E-state index in [4.69, 9.17) is 25.7 Å². The smallest absolute Gasteiger partial charge is 0.410 e. The quantitative estimate of drug-likeness (QED) is 0.265. The van der Waals surface area contributed by atoms with Crippen LogP contribution < -0.4 is 4.90 Å². The molecule has 1 saturated carbocycles. The summed E-state index contributed by atoms with van der Waals surface area (Å²) in [5, 5.41) is 0.944. The molecule has 226 valence electrons. The molecule has 0 radical (unpaired) electrons. The van der Waals surface area contributed by atoms with Gasteiger partial charge in [0.15, 0.2) is 8.32 Å². The number of halogens is 1. The average molecular weight is 626 g/mol. The van der Waals surface area contributed by atoms with E-state index in [0.29, 0.717) is 19.7 Å². The van der Waals surface area contributed by atoms with Crippen LogP contribution in [-0.4, -0.2) is 55.6 Å². The molecule has 6 rings (SSSR count). The molecule has 2 aliphatic heterocycles. The minimum atomic E-state index is -1.87. The molecule has 2 fully saturated rings. The van der Waals surface area contributed by atoms with Crippen molar-refractivity contribution < 1.29 is 14.0 Å². The molecule has 1 amide bonds. The minimum Gasteiger partial charge on any atom is -0.444 e. The number of thiophene rings is 1. The van der Waals surface area contributed by atoms with Gasteiger partial charge in [0.1, 0.15) is 5.60 Å². The number of fused-ring (bicyclic) bond motifs is 3. The Hall–Kier alpha value is -2.13. The predicted octanol–water partition coefficient (Wildman–Crippen LogP) is 9.00. The summed E-state index contributed by atoms with van der Waals surface area (Å²) in [6, 6.07) is 8.93. The number of benzene rings is 1. The lowest BCUT2D eigenvalue weighted by Gasteiger charge is -2.50. The monoisotopic (exact) mass is 625 g/mol. The fourth-order valence-electron chi connectivity index (χ4n) is 6.00. The molecule has 0 N–H and O–H groups in total. The normalized spacial score (nSPS) is 18.8. The van der Waals surface area contributed by atoms with E-state index in [1.165, 1.54) is 44.8 Å². The molecule has 1 saturated heterocycles. The maximum absolute atomic E-state index is 12.7. The van der Waals surface area contributed by atoms with E-state index in [0.717, 1.165) is 23.5 Å². The number of ether oxygens (including phenoxy) is 1. The summed E-state index contributed by atoms with van der Waals surface area (Å²) >= 11 is 8.66. The molecule has 0 bridgehead atoms. The second-order valence-corrected chi connectivity index (χ2v) is 21.3. The number of nitrogens with zero attached hydrogens (tertiary/aromatic N) is 3. The van der Waals surface area contributed by atoms with E-state index in [9.17, 15) is 4.79 Å². The SMILES string of the molecule is CC(C)(C)OC(=O)N1CC(N2CCC3(CC3)c3cc(Cl)cc(-c4ccnc5cc(CO[Si](C)(C)C(C)(C)C)sc45)c32)C1. The van der Waals surface area contributed by atoms with E-state index in [2.05, 4.69) is 63.0 Å². The molecule has 2 aromatic heterocycles. The number of aromatic nitrogens is 1. The summed E-state index contributed by atoms with van der Waals surface area (Å²) in [6.07, 6.45) is 5.24. The first kappa shape index (κ1) is 29.9. The largest absolute Gasteiger partial charge is 0.444 e. The van der Waals surface area contributed by atoms with Gasteiger partial charge in [-0.3, -0.25) is 4.98 Å². The van der Waals surface area contributed by atoms with Crippen molar-refractivity contribution in [3.63, 3.8) is 0 Å². The fraction of sp³-hybridized carbons (Fsp3) is 0.576. The highest BCUT2D eigenvalue weighted by molar-refractivity contribution is 7.19. The van der Waals surface area contributed by atoms with Gasteiger partial charge < -0.3 is 19.0 Å². The summed E-state index contributed by atoms with van der Waals surface area (Å²) in [5.41, 5.74) is 5.74. The lowest BCUT2D eigenvalue weighted by molar-refractivity contribution is 0.00793. The van der Waals surface area contributed by atoms with E-state index < -0.39 is 13.9 Å². The summed E-state index contributed by atoms with van der Waals surface area (Å²) < 4.78 is 13.4. The zero-order chi connectivity index (χ0) is 30.2. The Labute approximate surface area is 260 Å². The van der Waals surface area contributed by atoms with Crippen molar-refractivity contribution in [1.82, 2.24) is 9.88 Å². The van der Waals surface area contributed by atoms with E-state index >= 15 is 0 Å². The first-order valence-electron chi connectivity index (χ1n) is 15.2. The summed E-state index contributed by atoms with van der Waals surface area (Å²) in [5.74, 6) is 0. The lowest BCUT2D eigenvalue weighted by atomic mass is 9.82. The van der Waals surface area contributed by atoms with Crippen molar-refractivity contribution in [2.75, 3.05) is 24.5 Å². The molecule has 1 aliphatic carbocycles. The highest BCUT2D eigenvalue weighted by atomic mass is 35.5. The summed E-state index contributed by atoms with van der Waals surface area (Å²) in [4.78, 5) is 23.1. The Morgan fingerprint density at radius 1 is 1.10 bits per heavy atom. The van der Waals surface area contributed by atoms with Gasteiger partial charge in [0, 0.05) is 52.5 Å². The van der Waals surface area contributed by atoms with Crippen molar-refractivity contribution in [2.24, 2.45) is 0 Å². The Kier molecular flexibility index (Phi) is 7.28. The van der Waals surface area contributed by atoms with Crippen LogP contribution in [0.25, 0.3) is 21.3 Å². The van der Waals surface area contributed by atoms with Gasteiger partial charge in [0.2, 0.25) is 0 Å². The molecular formula is C33H44ClN3O3SSi. The Morgan fingerprint density at radius 3 is 2.45 bits per heavy atom. The van der Waals surface area contributed by atoms with Crippen LogP contribution in [0.2, 0.25) is 23.2 Å². The fourth-order valence-corrected chi connectivity index (χ4v) is 8.33. The highest BCUT2D eigenvalue weighted by Crippen LogP contribution is 2.59. The van der Waals surface area contributed by atoms with Crippen molar-refractivity contribution in [2.45, 2.75) is 103 Å². The van der Waals surface area contributed by atoms with E-state index in [1.807, 2.05) is 31.9 Å². The third kappa shape index (κ3) is 5.49. The maximum Gasteiger partial charge on any atom is 0.410 e. The predicted molar refractivity (Wildman–Crippen MR) is 177 cm³/mol. The first-order chi connectivity index (χ1) is 19.6. The van der Waals surface area contributed by atoms with E-state index in [1.54, 1.807) is 11.3 Å². The molecular weight excluding hydrogens is 582 g/mol. The van der Waals surface area contributed by atoms with E-state index in [-0.39, 0.29) is 22.6 Å². The van der Waals surface area contributed by atoms with Crippen LogP contribution in [0.4, 0.5) is 10.5 Å². The zero-order valence-electron chi connectivity index (χ0n) is 26.3. The second kappa shape index (κ2) is 10.2. The highest BCUT2D eigenvalue weighted by Gasteiger charge is 2.51. The lowest BCUT2D eigenvalue weighted by Crippen LogP contribution is -2.63. The third-order valence-corrected chi connectivity index (χ3v) is 15.5. The molecule has 0 unspecified atom stereocenters. The Balaban J connectivity index is 1.35. The molecule has 4 heterocycles. The average Bonchev–Trinajstić information content (AvgIpc) is 3.49. The number of hydrogen-bond acceptors (Lipinski definition) is 6. The number of carbonyl (C=O) groups is 1. The van der Waals surface area contributed by atoms with Gasteiger partial charge in [0.25, 0.3) is 0 Å². The number of pyridine rings is 1. The number of rotatable bonds is 5. The number of anilines is 1. The Morgan fingerprint density at radius 2 is 1.81 bits per heavy atom. The molecule has 3 aromatic rings. The van der Waals surface area contributed by atoms with Crippen LogP contribution in [-0.2, 0) is 21.2 Å². The Bertz CT molecular complexity index is 1530. The molecule has 6 nitrogen and oxygen atoms in total. The van der Waals surface area contributed by atoms with Crippen LogP contribution in [0, 0.1) is 0 Å². The van der Waals surface area contributed by atoms with Crippen LogP contribution in [0.1, 0.15) is 71.2 Å². The number of carbonyl (C=O) groups excluding carboxylic acids is 1. The van der Waals surface area contributed by atoms with Crippen molar-refractivity contribution in [1.29, 1.82) is 0 Å². The number of amides is 1. The van der Waals surface area contributed by atoms with Gasteiger partial charge in [-0.2, -0.15) is 0 Å². The van der Waals surface area contributed by atoms with Crippen molar-refractivity contribution in [3.8, 4) is 11.1 Å². The molecule has 0 atom stereocenters. The van der Waals surface area contributed by atoms with Gasteiger partial charge in [-0.1, -0.05) is 32.4 Å². The summed E-state index contributed by atoms with van der Waals surface area (Å²) in [7, 11) is -1.87. The topological polar surface area (TPSA) is 54.9 Å². The first-order valence-corrected chi connectivity index (χ1v) is 19.3.